The number of aliphatic hydroxyl groups is 1. The molecule has 27 nitrogen and oxygen atoms in total. The van der Waals surface area contributed by atoms with Crippen LogP contribution in [-0.2, 0) is 42.1 Å². The molecule has 0 saturated carbocycles. The van der Waals surface area contributed by atoms with Gasteiger partial charge >= 0.3 is 0 Å². The maximum absolute atomic E-state index is 12.8. The van der Waals surface area contributed by atoms with Crippen LogP contribution in [0.2, 0.25) is 0 Å². The molecule has 4 aromatic rings. The van der Waals surface area contributed by atoms with Crippen molar-refractivity contribution in [2.75, 3.05) is 49.5 Å². The number of methoxy groups -OCH3 is 2. The quantitative estimate of drug-likeness (QED) is 0.0122. The van der Waals surface area contributed by atoms with Gasteiger partial charge in [0.25, 0.3) is 19.6 Å². The Bertz CT molecular complexity index is 3110. The van der Waals surface area contributed by atoms with Crippen molar-refractivity contribution >= 4 is 85.6 Å². The first-order chi connectivity index (χ1) is 42.9. The predicted molar refractivity (Wildman–Crippen MR) is 348 cm³/mol. The Hall–Kier alpha value is -4.23. The van der Waals surface area contributed by atoms with Gasteiger partial charge < -0.3 is 42.5 Å². The van der Waals surface area contributed by atoms with Crippen LogP contribution < -0.4 is 21.8 Å². The molecule has 0 bridgehead atoms. The van der Waals surface area contributed by atoms with Crippen molar-refractivity contribution in [2.45, 2.75) is 229 Å². The van der Waals surface area contributed by atoms with E-state index in [1.165, 1.54) is 49.9 Å². The number of carbonyl (C=O) groups is 2. The standard InChI is InChI=1S/C25H40N7O6P.C16H23N5O5.C15H32N3OP.CH3I/c1-10-17-19(38-39(36-12-11-26-8)32(15(4)5)16(6)7)20(35-9)24(37-17)31-13-27-18-21(31)28-25(30-23(18)34)29-22(33)14(2)3;1-5-8-10(22)11(25-4)15(26-8)21-6-17-9-12(21)18-16(20-14(9)24)19-13(23)7(2)3;1-12(2)17(13(3)4)20(19-11-9-10-16)18(14(5)6)15(7)8;1-2/h13-17,19-20,24H,10-12H2,1-7,9H3,(H2,28,29,30,33,34);6-8,10-11,15,22H,5H2,1-4H3,(H2,18,19,20,23,24);12-15H,9,11H2,1-8H3;1H3/t17-,19?,20+,24-,39?;8-,10?,11+,15-;;/m11../s1/i10D2;5D2;;1D. The molecular formula is C57H98IN15O12P2. The van der Waals surface area contributed by atoms with E-state index in [1.807, 2.05) is 55.0 Å². The Kier molecular flexibility index (Phi) is 29.4. The number of rotatable bonds is 27. The van der Waals surface area contributed by atoms with Gasteiger partial charge in [-0.15, -0.1) is 0 Å². The van der Waals surface area contributed by atoms with Crippen molar-refractivity contribution in [2.24, 2.45) is 11.8 Å². The molecule has 9 atom stereocenters. The zero-order valence-electron chi connectivity index (χ0n) is 59.1. The molecule has 87 heavy (non-hydrogen) atoms. The molecule has 2 amide bonds. The topological polar surface area (TPSA) is 308 Å². The number of aromatic nitrogens is 8. The number of halogens is 1. The summed E-state index contributed by atoms with van der Waals surface area (Å²) >= 11 is 1.96. The average Bonchev–Trinajstić information content (AvgIpc) is 1.62. The molecule has 0 spiro atoms. The number of carbonyl (C=O) groups excluding carboxylic acids is 2. The van der Waals surface area contributed by atoms with Crippen LogP contribution in [0, 0.1) is 29.7 Å². The van der Waals surface area contributed by atoms with Gasteiger partial charge in [-0.3, -0.25) is 48.9 Å². The molecule has 490 valence electrons. The van der Waals surface area contributed by atoms with E-state index in [0.717, 1.165) is 0 Å². The van der Waals surface area contributed by atoms with Gasteiger partial charge in [0.1, 0.15) is 31.0 Å². The lowest BCUT2D eigenvalue weighted by molar-refractivity contribution is -0.119. The van der Waals surface area contributed by atoms with E-state index in [0.29, 0.717) is 42.1 Å². The number of amides is 2. The van der Waals surface area contributed by atoms with Gasteiger partial charge in [-0.2, -0.15) is 15.2 Å². The minimum atomic E-state index is -1.87. The van der Waals surface area contributed by atoms with Crippen molar-refractivity contribution in [3.05, 3.63) is 44.8 Å². The Labute approximate surface area is 536 Å². The summed E-state index contributed by atoms with van der Waals surface area (Å²) in [4.78, 5) is 75.0. The van der Waals surface area contributed by atoms with E-state index < -0.39 is 89.9 Å². The summed E-state index contributed by atoms with van der Waals surface area (Å²) in [7, 11) is 0.238. The molecule has 2 aliphatic rings. The lowest BCUT2D eigenvalue weighted by Crippen LogP contribution is -2.43. The summed E-state index contributed by atoms with van der Waals surface area (Å²) < 4.78 is 90.8. The number of hydrogen-bond donors (Lipinski definition) is 5. The molecule has 0 radical (unpaired) electrons. The highest BCUT2D eigenvalue weighted by Crippen LogP contribution is 2.52. The fourth-order valence-corrected chi connectivity index (χ4v) is 13.6. The summed E-state index contributed by atoms with van der Waals surface area (Å²) in [6.07, 6.45) is -8.74. The third-order valence-electron chi connectivity index (χ3n) is 13.3. The highest BCUT2D eigenvalue weighted by atomic mass is 127. The number of nitrogens with zero attached hydrogens (tertiary/aromatic N) is 11. The number of anilines is 2. The van der Waals surface area contributed by atoms with E-state index >= 15 is 0 Å². The first-order valence-corrected chi connectivity index (χ1v) is 32.8. The van der Waals surface area contributed by atoms with Crippen LogP contribution >= 0.6 is 39.6 Å². The number of nitriles is 1. The second-order valence-electron chi connectivity index (χ2n) is 22.3. The van der Waals surface area contributed by atoms with Crippen LogP contribution in [0.4, 0.5) is 11.9 Å². The molecule has 0 aliphatic carbocycles. The summed E-state index contributed by atoms with van der Waals surface area (Å²) in [5.74, 6) is -1.41. The van der Waals surface area contributed by atoms with Gasteiger partial charge in [-0.05, 0) is 101 Å². The molecule has 6 rings (SSSR count). The van der Waals surface area contributed by atoms with Gasteiger partial charge in [-0.25, -0.2) is 30.6 Å². The fraction of sp³-hybridized carbons (Fsp3) is 0.754. The highest BCUT2D eigenvalue weighted by Gasteiger charge is 2.49. The summed E-state index contributed by atoms with van der Waals surface area (Å²) in [5, 5.41) is 24.3. The predicted octanol–water partition coefficient (Wildman–Crippen LogP) is 9.53. The second kappa shape index (κ2) is 37.2. The monoisotopic (exact) mass is 1380 g/mol. The Morgan fingerprint density at radius 1 is 0.747 bits per heavy atom. The number of H-pyrrole nitrogens is 2. The molecule has 3 unspecified atom stereocenters. The Morgan fingerprint density at radius 3 is 1.53 bits per heavy atom. The van der Waals surface area contributed by atoms with Crippen LogP contribution in [0.15, 0.2) is 22.2 Å². The molecule has 5 N–H and O–H groups in total. The van der Waals surface area contributed by atoms with E-state index in [-0.39, 0.29) is 83.1 Å². The largest absolute Gasteiger partial charge is 0.388 e. The molecule has 0 aromatic carbocycles. The van der Waals surface area contributed by atoms with Crippen molar-refractivity contribution in [1.82, 2.24) is 53.0 Å². The van der Waals surface area contributed by atoms with Crippen LogP contribution in [0.1, 0.15) is 163 Å². The number of alkyl halides is 1. The molecule has 2 fully saturated rings. The maximum Gasteiger partial charge on any atom is 0.280 e. The van der Waals surface area contributed by atoms with Gasteiger partial charge in [0.2, 0.25) is 30.3 Å². The van der Waals surface area contributed by atoms with E-state index in [1.54, 1.807) is 27.7 Å². The average molecular weight is 1380 g/mol. The van der Waals surface area contributed by atoms with Crippen molar-refractivity contribution in [3.8, 4) is 6.07 Å². The van der Waals surface area contributed by atoms with Gasteiger partial charge in [0.05, 0.1) is 44.0 Å². The molecule has 6 heterocycles. The summed E-state index contributed by atoms with van der Waals surface area (Å²) in [5.41, 5.74) is -0.855. The van der Waals surface area contributed by atoms with Crippen molar-refractivity contribution < 1.29 is 54.1 Å². The highest BCUT2D eigenvalue weighted by molar-refractivity contribution is 14.1. The molecule has 4 aromatic heterocycles. The van der Waals surface area contributed by atoms with Crippen LogP contribution in [-0.4, -0.2) is 182 Å². The van der Waals surface area contributed by atoms with E-state index in [4.69, 9.17) is 51.2 Å². The first-order valence-electron chi connectivity index (χ1n) is 31.6. The van der Waals surface area contributed by atoms with Gasteiger partial charge in [-0.1, -0.05) is 64.1 Å². The van der Waals surface area contributed by atoms with Crippen LogP contribution in [0.25, 0.3) is 27.2 Å². The fourth-order valence-electron chi connectivity index (χ4n) is 9.50. The lowest BCUT2D eigenvalue weighted by Gasteiger charge is -2.45. The van der Waals surface area contributed by atoms with Gasteiger partial charge in [0.15, 0.2) is 43.2 Å². The van der Waals surface area contributed by atoms with Crippen LogP contribution in [0.5, 0.6) is 0 Å². The number of aromatic amines is 2. The third kappa shape index (κ3) is 20.4. The van der Waals surface area contributed by atoms with E-state index in [9.17, 15) is 24.3 Å². The number of aliphatic hydroxyl groups excluding tert-OH is 1. The number of nitrogens with one attached hydrogen (secondary N) is 4. The zero-order chi connectivity index (χ0) is 70.0. The van der Waals surface area contributed by atoms with E-state index in [2.05, 4.69) is 116 Å². The van der Waals surface area contributed by atoms with Crippen molar-refractivity contribution in [1.29, 1.82) is 5.26 Å². The Morgan fingerprint density at radius 2 is 1.16 bits per heavy atom. The maximum atomic E-state index is 12.8. The second-order valence-corrected chi connectivity index (χ2v) is 25.4. The zero-order valence-corrected chi connectivity index (χ0v) is 58.0. The smallest absolute Gasteiger partial charge is 0.280 e. The SMILES string of the molecule is CC(C)N(C(C)C)P(OCCC#N)N(C(C)C)C(C)C.[2H]C([2H])(C)[C@H]1O[C@@H](n2cnc3c(=O)[nH]c(NC(=O)C(C)C)nc32)[C@@H](OC)C1O.[2H]C([2H])(C)[C@H]1O[C@@H](n2cnc3c(=O)[nH]c(NC(=O)C(C)C)nc32)[C@@H](OC)C1OP(OCC[N+]#[C-])N(C(C)C)C(C)C.[2H]CI. The molecule has 30 heteroatoms. The molecule has 2 aliphatic heterocycles. The number of imidazole rings is 2. The molecule has 2 saturated heterocycles. The summed E-state index contributed by atoms with van der Waals surface area (Å²) in [6, 6.07) is 3.90. The number of hydrogen-bond acceptors (Lipinski definition) is 20. The van der Waals surface area contributed by atoms with Crippen LogP contribution in [0.3, 0.4) is 0 Å². The minimum Gasteiger partial charge on any atom is -0.388 e. The lowest BCUT2D eigenvalue weighted by atomic mass is 10.1. The number of fused-ring (bicyclic) bond motifs is 2. The first kappa shape index (κ1) is 68.7. The Balaban J connectivity index is 0.000000376. The van der Waals surface area contributed by atoms with Gasteiger partial charge in [0, 0.05) is 69.2 Å². The molecular weight excluding hydrogens is 1280 g/mol. The normalized spacial score (nSPS) is 21.9. The van der Waals surface area contributed by atoms with Crippen molar-refractivity contribution in [3.63, 3.8) is 0 Å². The minimum absolute atomic E-state index is 0.0125. The summed E-state index contributed by atoms with van der Waals surface area (Å²) in [6.45, 7) is 43.2. The third-order valence-corrected chi connectivity index (χ3v) is 18.4. The number of ether oxygens (including phenoxy) is 4.